The molecule has 3 rings (SSSR count). The highest BCUT2D eigenvalue weighted by molar-refractivity contribution is 7.93. The van der Waals surface area contributed by atoms with Crippen LogP contribution in [0.1, 0.15) is 13.3 Å². The second kappa shape index (κ2) is 7.64. The molecule has 28 heavy (non-hydrogen) atoms. The molecule has 1 heterocycles. The van der Waals surface area contributed by atoms with E-state index in [0.717, 1.165) is 48.2 Å². The van der Waals surface area contributed by atoms with Crippen molar-refractivity contribution < 1.29 is 27.7 Å². The van der Waals surface area contributed by atoms with Crippen LogP contribution in [0.2, 0.25) is 0 Å². The Hall–Kier alpha value is -2.86. The topological polar surface area (TPSA) is 146 Å². The van der Waals surface area contributed by atoms with Crippen molar-refractivity contribution in [3.05, 3.63) is 40.6 Å². The quantitative estimate of drug-likeness (QED) is 0.403. The minimum absolute atomic E-state index is 0.0290. The van der Waals surface area contributed by atoms with Crippen molar-refractivity contribution in [1.29, 1.82) is 0 Å². The van der Waals surface area contributed by atoms with Crippen LogP contribution in [0.25, 0.3) is 0 Å². The molecule has 1 aliphatic rings. The molecule has 1 N–H and O–H groups in total. The third-order valence-corrected chi connectivity index (χ3v) is 7.25. The number of carbonyl (C=O) groups is 2. The molecule has 2 aromatic rings. The van der Waals surface area contributed by atoms with Gasteiger partial charge in [-0.25, -0.2) is 13.4 Å². The number of rotatable bonds is 7. The van der Waals surface area contributed by atoms with Crippen LogP contribution in [-0.2, 0) is 24.2 Å². The number of benzene rings is 1. The first-order chi connectivity index (χ1) is 13.2. The molecule has 0 saturated heterocycles. The molecular weight excluding hydrogens is 410 g/mol. The first kappa shape index (κ1) is 19.9. The fourth-order valence-corrected chi connectivity index (χ4v) is 4.80. The molecule has 0 radical (unpaired) electrons. The van der Waals surface area contributed by atoms with Crippen LogP contribution in [0.5, 0.6) is 0 Å². The Balaban J connectivity index is 1.63. The monoisotopic (exact) mass is 425 g/mol. The van der Waals surface area contributed by atoms with E-state index in [-0.39, 0.29) is 31.8 Å². The van der Waals surface area contributed by atoms with Crippen molar-refractivity contribution in [1.82, 2.24) is 4.98 Å². The van der Waals surface area contributed by atoms with Gasteiger partial charge in [-0.15, -0.1) is 0 Å². The molecule has 1 saturated carbocycles. The van der Waals surface area contributed by atoms with E-state index in [2.05, 4.69) is 10.3 Å². The number of thiazole rings is 1. The number of non-ortho nitro benzene ring substituents is 1. The lowest BCUT2D eigenvalue weighted by Gasteiger charge is -2.04. The first-order valence-corrected chi connectivity index (χ1v) is 10.4. The average molecular weight is 425 g/mol. The number of hydrogen-bond acceptors (Lipinski definition) is 9. The van der Waals surface area contributed by atoms with Gasteiger partial charge in [-0.05, 0) is 24.5 Å². The highest BCUT2D eigenvalue weighted by Gasteiger charge is 2.40. The SMILES string of the molecule is CC1CC1C(=O)OCC(=O)Nc1ncc(S(=O)(=O)c2ccc([N+](=O)[O-])cc2)s1. The summed E-state index contributed by atoms with van der Waals surface area (Å²) in [6.45, 7) is 1.43. The Morgan fingerprint density at radius 3 is 2.57 bits per heavy atom. The third-order valence-electron chi connectivity index (χ3n) is 4.11. The van der Waals surface area contributed by atoms with Crippen LogP contribution in [0.15, 0.2) is 39.6 Å². The van der Waals surface area contributed by atoms with Crippen molar-refractivity contribution in [2.75, 3.05) is 11.9 Å². The van der Waals surface area contributed by atoms with Gasteiger partial charge >= 0.3 is 5.97 Å². The van der Waals surface area contributed by atoms with E-state index in [9.17, 15) is 28.1 Å². The molecular formula is C16H15N3O7S2. The summed E-state index contributed by atoms with van der Waals surface area (Å²) >= 11 is 0.721. The number of nitro groups is 1. The number of esters is 1. The number of nitrogens with zero attached hydrogens (tertiary/aromatic N) is 2. The van der Waals surface area contributed by atoms with Crippen molar-refractivity contribution >= 4 is 43.9 Å². The predicted molar refractivity (Wildman–Crippen MR) is 97.5 cm³/mol. The van der Waals surface area contributed by atoms with E-state index >= 15 is 0 Å². The Morgan fingerprint density at radius 1 is 1.36 bits per heavy atom. The largest absolute Gasteiger partial charge is 0.455 e. The number of sulfone groups is 1. The van der Waals surface area contributed by atoms with E-state index in [1.165, 1.54) is 0 Å². The van der Waals surface area contributed by atoms with Gasteiger partial charge in [-0.1, -0.05) is 18.3 Å². The molecule has 10 nitrogen and oxygen atoms in total. The van der Waals surface area contributed by atoms with Crippen molar-refractivity contribution in [2.45, 2.75) is 22.4 Å². The van der Waals surface area contributed by atoms with Crippen LogP contribution in [0.4, 0.5) is 10.8 Å². The number of aromatic nitrogens is 1. The molecule has 1 aromatic carbocycles. The van der Waals surface area contributed by atoms with Gasteiger partial charge in [0.05, 0.1) is 21.9 Å². The summed E-state index contributed by atoms with van der Waals surface area (Å²) < 4.78 is 29.9. The number of nitrogens with one attached hydrogen (secondary N) is 1. The van der Waals surface area contributed by atoms with Gasteiger partial charge in [0.25, 0.3) is 11.6 Å². The number of amides is 1. The molecule has 2 atom stereocenters. The lowest BCUT2D eigenvalue weighted by molar-refractivity contribution is -0.384. The zero-order valence-electron chi connectivity index (χ0n) is 14.5. The number of carbonyl (C=O) groups excluding carboxylic acids is 2. The third kappa shape index (κ3) is 4.34. The summed E-state index contributed by atoms with van der Waals surface area (Å²) in [7, 11) is -3.93. The van der Waals surface area contributed by atoms with Crippen LogP contribution in [0.3, 0.4) is 0 Å². The van der Waals surface area contributed by atoms with E-state index in [1.54, 1.807) is 0 Å². The molecule has 1 aromatic heterocycles. The maximum atomic E-state index is 12.6. The van der Waals surface area contributed by atoms with Crippen LogP contribution < -0.4 is 5.32 Å². The Morgan fingerprint density at radius 2 is 2.00 bits per heavy atom. The van der Waals surface area contributed by atoms with E-state index in [0.29, 0.717) is 0 Å². The second-order valence-corrected chi connectivity index (χ2v) is 9.42. The van der Waals surface area contributed by atoms with Crippen molar-refractivity contribution in [3.8, 4) is 0 Å². The summed E-state index contributed by atoms with van der Waals surface area (Å²) in [5, 5.41) is 13.1. The Bertz CT molecular complexity index is 1030. The minimum Gasteiger partial charge on any atom is -0.455 e. The van der Waals surface area contributed by atoms with Gasteiger partial charge in [0.15, 0.2) is 11.7 Å². The first-order valence-electron chi connectivity index (χ1n) is 8.10. The van der Waals surface area contributed by atoms with Crippen LogP contribution in [0, 0.1) is 22.0 Å². The number of hydrogen-bond donors (Lipinski definition) is 1. The molecule has 1 aliphatic carbocycles. The summed E-state index contributed by atoms with van der Waals surface area (Å²) in [5.41, 5.74) is -0.230. The summed E-state index contributed by atoms with van der Waals surface area (Å²) in [5.74, 6) is -0.952. The van der Waals surface area contributed by atoms with Gasteiger partial charge in [0.2, 0.25) is 9.84 Å². The van der Waals surface area contributed by atoms with Gasteiger partial charge in [0.1, 0.15) is 4.21 Å². The standard InChI is InChI=1S/C16H15N3O7S2/c1-9-6-12(9)15(21)26-8-13(20)18-16-17-7-14(27-16)28(24,25)11-4-2-10(3-5-11)19(22)23/h2-5,7,9,12H,6,8H2,1H3,(H,17,18,20). The number of ether oxygens (including phenoxy) is 1. The highest BCUT2D eigenvalue weighted by Crippen LogP contribution is 2.38. The molecule has 2 unspecified atom stereocenters. The summed E-state index contributed by atoms with van der Waals surface area (Å²) in [6, 6.07) is 4.44. The Labute approximate surface area is 163 Å². The maximum absolute atomic E-state index is 12.6. The Kier molecular flexibility index (Phi) is 5.42. The van der Waals surface area contributed by atoms with E-state index in [1.807, 2.05) is 6.92 Å². The highest BCUT2D eigenvalue weighted by atomic mass is 32.2. The fraction of sp³-hybridized carbons (Fsp3) is 0.312. The fourth-order valence-electron chi connectivity index (χ4n) is 2.35. The van der Waals surface area contributed by atoms with Gasteiger partial charge in [-0.3, -0.25) is 25.0 Å². The molecule has 148 valence electrons. The molecule has 1 amide bonds. The van der Waals surface area contributed by atoms with Gasteiger partial charge in [-0.2, -0.15) is 0 Å². The molecule has 12 heteroatoms. The zero-order valence-corrected chi connectivity index (χ0v) is 16.2. The average Bonchev–Trinajstić information content (AvgIpc) is 3.20. The molecule has 0 aliphatic heterocycles. The maximum Gasteiger partial charge on any atom is 0.309 e. The number of anilines is 1. The minimum atomic E-state index is -3.93. The van der Waals surface area contributed by atoms with Crippen LogP contribution in [-0.4, -0.2) is 36.8 Å². The molecule has 1 fully saturated rings. The lowest BCUT2D eigenvalue weighted by Crippen LogP contribution is -2.21. The molecule has 0 bridgehead atoms. The molecule has 0 spiro atoms. The van der Waals surface area contributed by atoms with Crippen molar-refractivity contribution in [2.24, 2.45) is 11.8 Å². The van der Waals surface area contributed by atoms with E-state index in [4.69, 9.17) is 4.74 Å². The zero-order chi connectivity index (χ0) is 20.5. The normalized spacial score (nSPS) is 18.3. The van der Waals surface area contributed by atoms with Crippen molar-refractivity contribution in [3.63, 3.8) is 0 Å². The van der Waals surface area contributed by atoms with Gasteiger partial charge < -0.3 is 4.74 Å². The second-order valence-electron chi connectivity index (χ2n) is 6.21. The van der Waals surface area contributed by atoms with E-state index < -0.39 is 33.2 Å². The van der Waals surface area contributed by atoms with Gasteiger partial charge in [0, 0.05) is 12.1 Å². The van der Waals surface area contributed by atoms with Crippen LogP contribution >= 0.6 is 11.3 Å². The lowest BCUT2D eigenvalue weighted by atomic mass is 10.3. The summed E-state index contributed by atoms with van der Waals surface area (Å²) in [6.07, 6.45) is 1.83. The summed E-state index contributed by atoms with van der Waals surface area (Å²) in [4.78, 5) is 37.2. The predicted octanol–water partition coefficient (Wildman–Crippen LogP) is 2.02. The smallest absolute Gasteiger partial charge is 0.309 e. The number of nitro benzene ring substituents is 1.